The molecular weight excluding hydrogens is 422 g/mol. The predicted molar refractivity (Wildman–Crippen MR) is 117 cm³/mol. The summed E-state index contributed by atoms with van der Waals surface area (Å²) in [6.07, 6.45) is 8.16. The Morgan fingerprint density at radius 2 is 2.17 bits per heavy atom. The predicted octanol–water partition coefficient (Wildman–Crippen LogP) is 1.92. The fraction of sp³-hybridized carbons (Fsp3) is 0.400. The molecule has 0 amide bonds. The van der Waals surface area contributed by atoms with Gasteiger partial charge in [-0.05, 0) is 43.5 Å². The summed E-state index contributed by atoms with van der Waals surface area (Å²) in [4.78, 5) is 12.0. The summed E-state index contributed by atoms with van der Waals surface area (Å²) in [6, 6.07) is 5.91. The van der Waals surface area contributed by atoms with Crippen molar-refractivity contribution < 1.29 is 13.2 Å². The van der Waals surface area contributed by atoms with Crippen LogP contribution in [0.3, 0.4) is 0 Å². The number of rotatable bonds is 7. The molecule has 1 saturated heterocycles. The van der Waals surface area contributed by atoms with Crippen LogP contribution in [0.1, 0.15) is 12.0 Å². The third kappa shape index (κ3) is 4.94. The third-order valence-electron chi connectivity index (χ3n) is 4.98. The number of anilines is 2. The number of ether oxygens (including phenoxy) is 1. The summed E-state index contributed by atoms with van der Waals surface area (Å²) in [7, 11) is -1.69. The molecule has 8 nitrogen and oxygen atoms in total. The zero-order chi connectivity index (χ0) is 21.1. The molecule has 2 aliphatic heterocycles. The minimum atomic E-state index is -3.34. The molecule has 30 heavy (non-hydrogen) atoms. The molecule has 10 heteroatoms. The number of sulfonamides is 1. The largest absolute Gasteiger partial charge is 0.364 e. The van der Waals surface area contributed by atoms with Gasteiger partial charge < -0.3 is 10.1 Å². The Labute approximate surface area is 181 Å². The van der Waals surface area contributed by atoms with Crippen molar-refractivity contribution in [2.75, 3.05) is 38.1 Å². The summed E-state index contributed by atoms with van der Waals surface area (Å²) >= 11 is 1.57. The van der Waals surface area contributed by atoms with E-state index in [-0.39, 0.29) is 6.04 Å². The molecule has 3 heterocycles. The van der Waals surface area contributed by atoms with E-state index in [0.717, 1.165) is 45.9 Å². The first-order valence-electron chi connectivity index (χ1n) is 9.70. The van der Waals surface area contributed by atoms with E-state index < -0.39 is 10.0 Å². The van der Waals surface area contributed by atoms with Gasteiger partial charge in [-0.3, -0.25) is 4.90 Å². The van der Waals surface area contributed by atoms with E-state index >= 15 is 0 Å². The summed E-state index contributed by atoms with van der Waals surface area (Å²) in [5.74, 6) is 1.84. The lowest BCUT2D eigenvalue weighted by Crippen LogP contribution is -2.46. The smallest absolute Gasteiger partial charge is 0.208 e. The van der Waals surface area contributed by atoms with Crippen LogP contribution in [0.4, 0.5) is 11.5 Å². The van der Waals surface area contributed by atoms with Crippen molar-refractivity contribution in [3.8, 4) is 0 Å². The maximum absolute atomic E-state index is 12.0. The molecule has 160 valence electrons. The number of fused-ring (bicyclic) bond motifs is 2. The molecule has 1 unspecified atom stereocenters. The molecule has 0 saturated carbocycles. The Morgan fingerprint density at radius 3 is 2.90 bits per heavy atom. The number of piperidine rings is 1. The van der Waals surface area contributed by atoms with Crippen molar-refractivity contribution in [1.29, 1.82) is 0 Å². The monoisotopic (exact) mass is 447 g/mol. The highest BCUT2D eigenvalue weighted by Gasteiger charge is 2.29. The van der Waals surface area contributed by atoms with Crippen LogP contribution < -0.4 is 14.9 Å². The van der Waals surface area contributed by atoms with Crippen LogP contribution in [0, 0.1) is 12.3 Å². The standard InChI is InChI=1S/C20H25N5O3S2/c1-28-13-25-17-11-14(5-6-18(17)29-20-19(25)22-8-9-23-20)10-16(24-30(2,26)27)15-4-3-7-21-12-15/h4-6,8-9,11,16,21,24H,3,7,10,12-13H2,1-2H3. The van der Waals surface area contributed by atoms with Crippen molar-refractivity contribution in [3.05, 3.63) is 48.5 Å². The highest BCUT2D eigenvalue weighted by molar-refractivity contribution is 7.99. The second kappa shape index (κ2) is 9.19. The molecule has 0 aliphatic carbocycles. The van der Waals surface area contributed by atoms with Crippen LogP contribution in [0.15, 0.2) is 40.5 Å². The number of aromatic nitrogens is 2. The average molecular weight is 448 g/mol. The number of nitrogens with one attached hydrogen (secondary N) is 2. The van der Waals surface area contributed by atoms with Crippen LogP contribution in [0.25, 0.3) is 0 Å². The number of hydrogen-bond acceptors (Lipinski definition) is 8. The van der Waals surface area contributed by atoms with Gasteiger partial charge in [0.15, 0.2) is 5.82 Å². The Hall–Kier alpha value is -1.72. The fourth-order valence-corrected chi connectivity index (χ4v) is 5.45. The van der Waals surface area contributed by atoms with E-state index in [1.165, 1.54) is 6.26 Å². The lowest BCUT2D eigenvalue weighted by atomic mass is 9.88. The normalized spacial score (nSPS) is 18.0. The van der Waals surface area contributed by atoms with E-state index in [1.807, 2.05) is 11.0 Å². The molecule has 2 radical (unpaired) electrons. The van der Waals surface area contributed by atoms with E-state index in [2.05, 4.69) is 38.6 Å². The van der Waals surface area contributed by atoms with Crippen molar-refractivity contribution in [2.24, 2.45) is 0 Å². The number of benzene rings is 1. The first-order chi connectivity index (χ1) is 14.4. The van der Waals surface area contributed by atoms with Crippen LogP contribution in [-0.2, 0) is 21.2 Å². The van der Waals surface area contributed by atoms with Gasteiger partial charge in [0.25, 0.3) is 0 Å². The van der Waals surface area contributed by atoms with Gasteiger partial charge in [0.1, 0.15) is 11.8 Å². The zero-order valence-corrected chi connectivity index (χ0v) is 18.6. The Bertz CT molecular complexity index is 996. The minimum Gasteiger partial charge on any atom is -0.364 e. The molecule has 2 aliphatic rings. The molecule has 1 atom stereocenters. The first-order valence-corrected chi connectivity index (χ1v) is 12.4. The summed E-state index contributed by atoms with van der Waals surface area (Å²) in [5, 5.41) is 4.16. The molecule has 4 rings (SSSR count). The second-order valence-corrected chi connectivity index (χ2v) is 10.1. The van der Waals surface area contributed by atoms with Crippen molar-refractivity contribution in [3.63, 3.8) is 0 Å². The van der Waals surface area contributed by atoms with E-state index in [4.69, 9.17) is 4.74 Å². The van der Waals surface area contributed by atoms with Gasteiger partial charge in [-0.1, -0.05) is 17.8 Å². The summed E-state index contributed by atoms with van der Waals surface area (Å²) in [5.41, 5.74) is 2.02. The molecule has 0 bridgehead atoms. The lowest BCUT2D eigenvalue weighted by Gasteiger charge is -2.32. The summed E-state index contributed by atoms with van der Waals surface area (Å²) < 4.78 is 32.2. The van der Waals surface area contributed by atoms with E-state index in [9.17, 15) is 8.42 Å². The average Bonchev–Trinajstić information content (AvgIpc) is 2.73. The van der Waals surface area contributed by atoms with Crippen molar-refractivity contribution in [2.45, 2.75) is 28.8 Å². The molecule has 2 N–H and O–H groups in total. The topological polar surface area (TPSA) is 96.5 Å². The van der Waals surface area contributed by atoms with E-state index in [0.29, 0.717) is 19.7 Å². The van der Waals surface area contributed by atoms with Gasteiger partial charge in [0.05, 0.1) is 11.9 Å². The van der Waals surface area contributed by atoms with Gasteiger partial charge in [-0.25, -0.2) is 23.1 Å². The Balaban J connectivity index is 1.63. The molecule has 2 aromatic rings. The van der Waals surface area contributed by atoms with Gasteiger partial charge >= 0.3 is 0 Å². The Morgan fingerprint density at radius 1 is 1.33 bits per heavy atom. The maximum Gasteiger partial charge on any atom is 0.208 e. The first kappa shape index (κ1) is 21.5. The van der Waals surface area contributed by atoms with Crippen LogP contribution in [-0.4, -0.2) is 57.6 Å². The van der Waals surface area contributed by atoms with Gasteiger partial charge in [0.2, 0.25) is 10.0 Å². The van der Waals surface area contributed by atoms with Crippen LogP contribution in [0.2, 0.25) is 0 Å². The van der Waals surface area contributed by atoms with Crippen molar-refractivity contribution >= 4 is 33.3 Å². The summed E-state index contributed by atoms with van der Waals surface area (Å²) in [6.45, 7) is 1.95. The van der Waals surface area contributed by atoms with Crippen LogP contribution in [0.5, 0.6) is 0 Å². The molecule has 1 aromatic heterocycles. The molecular formula is C20H25N5O3S2. The quantitative estimate of drug-likeness (QED) is 0.665. The molecule has 1 fully saturated rings. The number of nitrogens with zero attached hydrogens (tertiary/aromatic N) is 3. The molecule has 0 spiro atoms. The SMILES string of the molecule is COCN1c2cc(CC(NS(C)(=O)=O)[C]3[CH]CCNC3)ccc2Sc2nccnc21. The van der Waals surface area contributed by atoms with Crippen LogP contribution >= 0.6 is 11.8 Å². The zero-order valence-electron chi connectivity index (χ0n) is 17.0. The highest BCUT2D eigenvalue weighted by Crippen LogP contribution is 2.46. The second-order valence-electron chi connectivity index (χ2n) is 7.33. The van der Waals surface area contributed by atoms with Gasteiger partial charge in [-0.15, -0.1) is 0 Å². The van der Waals surface area contributed by atoms with E-state index in [1.54, 1.807) is 31.3 Å². The van der Waals surface area contributed by atoms with Gasteiger partial charge in [0, 0.05) is 42.9 Å². The highest BCUT2D eigenvalue weighted by atomic mass is 32.2. The van der Waals surface area contributed by atoms with Crippen molar-refractivity contribution in [1.82, 2.24) is 20.0 Å². The fourth-order valence-electron chi connectivity index (χ4n) is 3.71. The maximum atomic E-state index is 12.0. The Kier molecular flexibility index (Phi) is 6.59. The number of methoxy groups -OCH3 is 1. The number of hydrogen-bond donors (Lipinski definition) is 2. The minimum absolute atomic E-state index is 0.287. The third-order valence-corrected chi connectivity index (χ3v) is 6.74. The molecule has 1 aromatic carbocycles. The van der Waals surface area contributed by atoms with Gasteiger partial charge in [-0.2, -0.15) is 0 Å². The lowest BCUT2D eigenvalue weighted by molar-refractivity contribution is 0.204.